The number of hydrogen-bond acceptors (Lipinski definition) is 6. The summed E-state index contributed by atoms with van der Waals surface area (Å²) < 4.78 is 9.72. The first-order valence-corrected chi connectivity index (χ1v) is 6.44. The van der Waals surface area contributed by atoms with Crippen molar-refractivity contribution < 1.29 is 29.3 Å². The molecule has 0 heterocycles. The van der Waals surface area contributed by atoms with E-state index in [0.29, 0.717) is 5.56 Å². The van der Waals surface area contributed by atoms with Gasteiger partial charge in [-0.2, -0.15) is 0 Å². The summed E-state index contributed by atoms with van der Waals surface area (Å²) in [6.45, 7) is 0. The van der Waals surface area contributed by atoms with Gasteiger partial charge in [0.1, 0.15) is 12.2 Å². The van der Waals surface area contributed by atoms with E-state index in [4.69, 9.17) is 4.74 Å². The summed E-state index contributed by atoms with van der Waals surface area (Å²) in [4.78, 5) is 23.4. The Morgan fingerprint density at radius 2 is 1.81 bits per heavy atom. The third-order valence-electron chi connectivity index (χ3n) is 3.23. The van der Waals surface area contributed by atoms with Gasteiger partial charge in [-0.25, -0.2) is 9.59 Å². The fourth-order valence-electron chi connectivity index (χ4n) is 2.08. The quantitative estimate of drug-likeness (QED) is 0.785. The topological polar surface area (TPSA) is 93.1 Å². The maximum Gasteiger partial charge on any atom is 0.338 e. The van der Waals surface area contributed by atoms with Crippen LogP contribution in [0.25, 0.3) is 0 Å². The van der Waals surface area contributed by atoms with Crippen LogP contribution in [0, 0.1) is 0 Å². The molecule has 0 bridgehead atoms. The van der Waals surface area contributed by atoms with E-state index in [-0.39, 0.29) is 12.0 Å². The van der Waals surface area contributed by atoms with Crippen molar-refractivity contribution in [1.82, 2.24) is 0 Å². The summed E-state index contributed by atoms with van der Waals surface area (Å²) in [5, 5.41) is 19.6. The number of hydrogen-bond donors (Lipinski definition) is 2. The highest BCUT2D eigenvalue weighted by molar-refractivity contribution is 5.90. The molecule has 0 aromatic heterocycles. The second-order valence-electron chi connectivity index (χ2n) is 4.68. The molecule has 1 aromatic carbocycles. The van der Waals surface area contributed by atoms with E-state index < -0.39 is 30.3 Å². The van der Waals surface area contributed by atoms with Crippen molar-refractivity contribution in [3.63, 3.8) is 0 Å². The average molecular weight is 292 g/mol. The van der Waals surface area contributed by atoms with E-state index in [2.05, 4.69) is 4.74 Å². The van der Waals surface area contributed by atoms with Crippen molar-refractivity contribution in [2.24, 2.45) is 0 Å². The van der Waals surface area contributed by atoms with Crippen LogP contribution in [0.15, 0.2) is 42.0 Å². The summed E-state index contributed by atoms with van der Waals surface area (Å²) >= 11 is 0. The first kappa shape index (κ1) is 15.2. The predicted molar refractivity (Wildman–Crippen MR) is 72.4 cm³/mol. The van der Waals surface area contributed by atoms with Gasteiger partial charge < -0.3 is 19.7 Å². The number of methoxy groups -OCH3 is 1. The van der Waals surface area contributed by atoms with Gasteiger partial charge in [0.25, 0.3) is 0 Å². The summed E-state index contributed by atoms with van der Waals surface area (Å²) in [6, 6.07) is 8.25. The van der Waals surface area contributed by atoms with Crippen LogP contribution in [-0.2, 0) is 14.3 Å². The van der Waals surface area contributed by atoms with Crippen LogP contribution in [0.3, 0.4) is 0 Å². The van der Waals surface area contributed by atoms with Crippen LogP contribution in [0.5, 0.6) is 0 Å². The van der Waals surface area contributed by atoms with Crippen molar-refractivity contribution in [3.05, 3.63) is 47.5 Å². The van der Waals surface area contributed by atoms with Crippen molar-refractivity contribution in [3.8, 4) is 0 Å². The first-order chi connectivity index (χ1) is 10.0. The molecule has 0 amide bonds. The standard InChI is InChI=1S/C15H16O6/c1-20-14(18)10-7-11(16)13(17)12(8-10)21-15(19)9-5-3-2-4-6-9/h2-6,8,11-13,16-17H,7H2,1H3/t11-,12+,13+/m1/s1. The maximum atomic E-state index is 12.0. The van der Waals surface area contributed by atoms with E-state index >= 15 is 0 Å². The van der Waals surface area contributed by atoms with Gasteiger partial charge in [0.2, 0.25) is 0 Å². The predicted octanol–water partition coefficient (Wildman–Crippen LogP) is 0.437. The number of aliphatic hydroxyl groups excluding tert-OH is 2. The Labute approximate surface area is 121 Å². The molecule has 6 nitrogen and oxygen atoms in total. The highest BCUT2D eigenvalue weighted by Crippen LogP contribution is 2.23. The molecule has 2 N–H and O–H groups in total. The summed E-state index contributed by atoms with van der Waals surface area (Å²) in [7, 11) is 1.21. The van der Waals surface area contributed by atoms with Gasteiger partial charge in [0.15, 0.2) is 0 Å². The molecule has 0 fully saturated rings. The van der Waals surface area contributed by atoms with E-state index in [0.717, 1.165) is 0 Å². The third-order valence-corrected chi connectivity index (χ3v) is 3.23. The van der Waals surface area contributed by atoms with Gasteiger partial charge in [0, 0.05) is 12.0 Å². The second-order valence-corrected chi connectivity index (χ2v) is 4.68. The molecule has 0 radical (unpaired) electrons. The molecule has 2 rings (SSSR count). The molecule has 0 saturated heterocycles. The lowest BCUT2D eigenvalue weighted by Crippen LogP contribution is -2.43. The van der Waals surface area contributed by atoms with Crippen molar-refractivity contribution in [2.45, 2.75) is 24.7 Å². The molecule has 0 unspecified atom stereocenters. The molecule has 0 saturated carbocycles. The zero-order valence-corrected chi connectivity index (χ0v) is 11.4. The molecule has 1 aliphatic rings. The lowest BCUT2D eigenvalue weighted by molar-refractivity contribution is -0.137. The van der Waals surface area contributed by atoms with Crippen molar-refractivity contribution in [2.75, 3.05) is 7.11 Å². The summed E-state index contributed by atoms with van der Waals surface area (Å²) in [5.41, 5.74) is 0.485. The molecule has 0 spiro atoms. The maximum absolute atomic E-state index is 12.0. The molecule has 3 atom stereocenters. The highest BCUT2D eigenvalue weighted by atomic mass is 16.6. The molecule has 0 aliphatic heterocycles. The van der Waals surface area contributed by atoms with Gasteiger partial charge in [-0.1, -0.05) is 18.2 Å². The van der Waals surface area contributed by atoms with Crippen molar-refractivity contribution in [1.29, 1.82) is 0 Å². The van der Waals surface area contributed by atoms with E-state index in [1.54, 1.807) is 30.3 Å². The number of ether oxygens (including phenoxy) is 2. The molecule has 6 heteroatoms. The van der Waals surface area contributed by atoms with E-state index in [1.807, 2.05) is 0 Å². The zero-order valence-electron chi connectivity index (χ0n) is 11.4. The Morgan fingerprint density at radius 3 is 2.43 bits per heavy atom. The van der Waals surface area contributed by atoms with E-state index in [9.17, 15) is 19.8 Å². The van der Waals surface area contributed by atoms with Crippen LogP contribution in [0.1, 0.15) is 16.8 Å². The molecular formula is C15H16O6. The molecular weight excluding hydrogens is 276 g/mol. The van der Waals surface area contributed by atoms with Crippen LogP contribution in [0.4, 0.5) is 0 Å². The second kappa shape index (κ2) is 6.51. The lowest BCUT2D eigenvalue weighted by Gasteiger charge is -2.29. The number of carbonyl (C=O) groups is 2. The largest absolute Gasteiger partial charge is 0.466 e. The van der Waals surface area contributed by atoms with Gasteiger partial charge in [-0.3, -0.25) is 0 Å². The van der Waals surface area contributed by atoms with Crippen LogP contribution < -0.4 is 0 Å². The SMILES string of the molecule is COC(=O)C1=C[C@H](OC(=O)c2ccccc2)[C@@H](O)[C@H](O)C1. The Balaban J connectivity index is 2.16. The molecule has 1 aromatic rings. The molecule has 112 valence electrons. The third kappa shape index (κ3) is 3.48. The fraction of sp³-hybridized carbons (Fsp3) is 0.333. The van der Waals surface area contributed by atoms with Gasteiger partial charge in [-0.15, -0.1) is 0 Å². The van der Waals surface area contributed by atoms with Crippen LogP contribution >= 0.6 is 0 Å². The Kier molecular flexibility index (Phi) is 4.72. The normalized spacial score (nSPS) is 24.9. The van der Waals surface area contributed by atoms with Gasteiger partial charge in [-0.05, 0) is 18.2 Å². The Hall–Kier alpha value is -2.18. The van der Waals surface area contributed by atoms with Gasteiger partial charge in [0.05, 0.1) is 18.8 Å². The first-order valence-electron chi connectivity index (χ1n) is 6.44. The smallest absolute Gasteiger partial charge is 0.338 e. The number of aliphatic hydroxyl groups is 2. The minimum absolute atomic E-state index is 0.0484. The number of benzene rings is 1. The van der Waals surface area contributed by atoms with Gasteiger partial charge >= 0.3 is 11.9 Å². The molecule has 21 heavy (non-hydrogen) atoms. The lowest BCUT2D eigenvalue weighted by atomic mass is 9.92. The zero-order chi connectivity index (χ0) is 15.4. The molecule has 1 aliphatic carbocycles. The number of rotatable bonds is 3. The Bertz CT molecular complexity index is 551. The Morgan fingerprint density at radius 1 is 1.14 bits per heavy atom. The van der Waals surface area contributed by atoms with E-state index in [1.165, 1.54) is 13.2 Å². The number of carbonyl (C=O) groups excluding carboxylic acids is 2. The number of esters is 2. The summed E-state index contributed by atoms with van der Waals surface area (Å²) in [6.07, 6.45) is -2.32. The summed E-state index contributed by atoms with van der Waals surface area (Å²) in [5.74, 6) is -1.27. The van der Waals surface area contributed by atoms with Crippen LogP contribution in [0.2, 0.25) is 0 Å². The fourth-order valence-corrected chi connectivity index (χ4v) is 2.08. The average Bonchev–Trinajstić information content (AvgIpc) is 2.51. The monoisotopic (exact) mass is 292 g/mol. The highest BCUT2D eigenvalue weighted by Gasteiger charge is 2.35. The van der Waals surface area contributed by atoms with Crippen molar-refractivity contribution >= 4 is 11.9 Å². The minimum Gasteiger partial charge on any atom is -0.466 e. The van der Waals surface area contributed by atoms with Crippen LogP contribution in [-0.4, -0.2) is 47.6 Å². The minimum atomic E-state index is -1.29.